The third kappa shape index (κ3) is 3.97. The molecule has 0 amide bonds. The average Bonchev–Trinajstić information content (AvgIpc) is 3.26. The van der Waals surface area contributed by atoms with Gasteiger partial charge in [0, 0.05) is 58.6 Å². The van der Waals surface area contributed by atoms with Crippen molar-refractivity contribution in [3.05, 3.63) is 94.4 Å². The van der Waals surface area contributed by atoms with Crippen LogP contribution in [0.15, 0.2) is 83.3 Å². The van der Waals surface area contributed by atoms with Crippen LogP contribution in [0.25, 0.3) is 0 Å². The molecule has 0 saturated carbocycles. The molecule has 0 bridgehead atoms. The molecule has 0 fully saturated rings. The monoisotopic (exact) mass is 508 g/mol. The van der Waals surface area contributed by atoms with Gasteiger partial charge in [0.25, 0.3) is 0 Å². The van der Waals surface area contributed by atoms with Gasteiger partial charge in [-0.25, -0.2) is 0 Å². The molecule has 2 aromatic carbocycles. The highest BCUT2D eigenvalue weighted by Gasteiger charge is 2.46. The van der Waals surface area contributed by atoms with Gasteiger partial charge in [0.15, 0.2) is 11.5 Å². The molecular formula is C34H40N2O2. The number of ketones is 1. The Hall–Kier alpha value is -3.40. The van der Waals surface area contributed by atoms with Gasteiger partial charge in [0.1, 0.15) is 6.54 Å². The van der Waals surface area contributed by atoms with Crippen molar-refractivity contribution in [2.24, 2.45) is 0 Å². The summed E-state index contributed by atoms with van der Waals surface area (Å²) in [5, 5.41) is 13.5. The number of nitrogens with zero attached hydrogens (tertiary/aromatic N) is 2. The van der Waals surface area contributed by atoms with E-state index in [4.69, 9.17) is 0 Å². The van der Waals surface area contributed by atoms with E-state index >= 15 is 0 Å². The largest absolute Gasteiger partial charge is 0.871 e. The van der Waals surface area contributed by atoms with Gasteiger partial charge in [0.2, 0.25) is 5.69 Å². The summed E-state index contributed by atoms with van der Waals surface area (Å²) in [5.74, 6) is -0.279. The Morgan fingerprint density at radius 1 is 0.868 bits per heavy atom. The van der Waals surface area contributed by atoms with Crippen LogP contribution in [0.1, 0.15) is 78.4 Å². The van der Waals surface area contributed by atoms with Crippen LogP contribution >= 0.6 is 0 Å². The van der Waals surface area contributed by atoms with Crippen LogP contribution < -0.4 is 10.0 Å². The summed E-state index contributed by atoms with van der Waals surface area (Å²) in [4.78, 5) is 15.8. The number of unbranched alkanes of at least 4 members (excludes halogenated alkanes) is 2. The minimum absolute atomic E-state index is 0.139. The van der Waals surface area contributed by atoms with Crippen LogP contribution in [0.5, 0.6) is 0 Å². The SMILES string of the molecule is CCCCN1/C(=C/C2=C([O-])C(=C/C3=[N+](CCCC)c4ccccc4C3(C)C)/C2=O)C(C)(C)c2ccccc21. The molecule has 3 aliphatic rings. The molecule has 2 heterocycles. The first-order valence-electron chi connectivity index (χ1n) is 14.2. The highest BCUT2D eigenvalue weighted by Crippen LogP contribution is 2.49. The van der Waals surface area contributed by atoms with Gasteiger partial charge >= 0.3 is 0 Å². The molecule has 0 aromatic heterocycles. The number of benzene rings is 2. The van der Waals surface area contributed by atoms with E-state index in [1.54, 1.807) is 0 Å². The summed E-state index contributed by atoms with van der Waals surface area (Å²) in [7, 11) is 0. The van der Waals surface area contributed by atoms with Gasteiger partial charge in [-0.15, -0.1) is 0 Å². The Bertz CT molecular complexity index is 1420. The van der Waals surface area contributed by atoms with E-state index in [-0.39, 0.29) is 22.4 Å². The van der Waals surface area contributed by atoms with Crippen LogP contribution in [0, 0.1) is 0 Å². The summed E-state index contributed by atoms with van der Waals surface area (Å²) in [5.41, 5.74) is 6.97. The fraction of sp³-hybridized carbons (Fsp3) is 0.412. The number of hydrogen-bond acceptors (Lipinski definition) is 3. The number of carbonyl (C=O) groups is 1. The molecule has 2 aliphatic heterocycles. The number of carbonyl (C=O) groups excluding carboxylic acids is 1. The molecule has 0 atom stereocenters. The van der Waals surface area contributed by atoms with Gasteiger partial charge in [-0.1, -0.05) is 82.7 Å². The van der Waals surface area contributed by atoms with E-state index in [1.807, 2.05) is 12.2 Å². The fourth-order valence-electron chi connectivity index (χ4n) is 6.29. The van der Waals surface area contributed by atoms with Gasteiger partial charge in [-0.2, -0.15) is 4.58 Å². The van der Waals surface area contributed by atoms with Crippen LogP contribution in [0.3, 0.4) is 0 Å². The fourth-order valence-corrected chi connectivity index (χ4v) is 6.29. The number of allylic oxidation sites excluding steroid dienone is 5. The Kier molecular flexibility index (Phi) is 6.71. The predicted octanol–water partition coefficient (Wildman–Crippen LogP) is 6.47. The molecule has 4 heteroatoms. The molecule has 0 saturated heterocycles. The van der Waals surface area contributed by atoms with Gasteiger partial charge < -0.3 is 10.0 Å². The zero-order valence-electron chi connectivity index (χ0n) is 23.7. The van der Waals surface area contributed by atoms with Gasteiger partial charge in [-0.05, 0) is 38.0 Å². The lowest BCUT2D eigenvalue weighted by atomic mass is 9.77. The molecule has 4 nitrogen and oxygen atoms in total. The number of fused-ring (bicyclic) bond motifs is 2. The summed E-state index contributed by atoms with van der Waals surface area (Å²) < 4.78 is 2.31. The molecule has 0 spiro atoms. The van der Waals surface area contributed by atoms with Crippen molar-refractivity contribution < 1.29 is 14.5 Å². The number of para-hydroxylation sites is 2. The van der Waals surface area contributed by atoms with Gasteiger partial charge in [-0.3, -0.25) is 4.79 Å². The standard InChI is InChI=1S/C34H40N2O2/c1-7-9-19-35-27-17-13-11-15-25(27)33(3,4)29(35)21-23-31(37)24(32(23)38)22-30-34(5,6)26-16-12-14-18-28(26)36(30)20-10-8-2/h11-18,21-22H,7-10,19-20H2,1-6H3. The van der Waals surface area contributed by atoms with E-state index < -0.39 is 0 Å². The van der Waals surface area contributed by atoms with E-state index in [0.29, 0.717) is 11.1 Å². The minimum Gasteiger partial charge on any atom is -0.871 e. The molecule has 198 valence electrons. The highest BCUT2D eigenvalue weighted by atomic mass is 16.3. The lowest BCUT2D eigenvalue weighted by molar-refractivity contribution is -0.438. The lowest BCUT2D eigenvalue weighted by Crippen LogP contribution is -2.35. The Morgan fingerprint density at radius 2 is 1.53 bits per heavy atom. The lowest BCUT2D eigenvalue weighted by Gasteiger charge is -2.33. The molecule has 0 unspecified atom stereocenters. The van der Waals surface area contributed by atoms with Gasteiger partial charge in [0.05, 0.1) is 5.41 Å². The topological polar surface area (TPSA) is 46.4 Å². The second kappa shape index (κ2) is 9.72. The molecule has 38 heavy (non-hydrogen) atoms. The molecule has 5 rings (SSSR count). The molecule has 1 aliphatic carbocycles. The molecule has 0 radical (unpaired) electrons. The van der Waals surface area contributed by atoms with Crippen LogP contribution in [0.2, 0.25) is 0 Å². The summed E-state index contributed by atoms with van der Waals surface area (Å²) in [6, 6.07) is 16.9. The van der Waals surface area contributed by atoms with Crippen molar-refractivity contribution in [1.82, 2.24) is 0 Å². The van der Waals surface area contributed by atoms with Crippen molar-refractivity contribution in [3.8, 4) is 0 Å². The van der Waals surface area contributed by atoms with E-state index in [2.05, 4.69) is 99.5 Å². The molecule has 0 N–H and O–H groups in total. The van der Waals surface area contributed by atoms with Crippen molar-refractivity contribution >= 4 is 22.9 Å². The normalized spacial score (nSPS) is 21.4. The first-order chi connectivity index (χ1) is 18.1. The van der Waals surface area contributed by atoms with Crippen molar-refractivity contribution in [3.63, 3.8) is 0 Å². The smallest absolute Gasteiger partial charge is 0.209 e. The van der Waals surface area contributed by atoms with Crippen LogP contribution in [-0.2, 0) is 15.6 Å². The minimum atomic E-state index is -0.280. The molecular weight excluding hydrogens is 468 g/mol. The van der Waals surface area contributed by atoms with E-state index in [1.165, 1.54) is 22.5 Å². The number of Topliss-reactive ketones (excluding diaryl/α,β-unsaturated/α-hetero) is 1. The maximum atomic E-state index is 13.5. The summed E-state index contributed by atoms with van der Waals surface area (Å²) in [6.45, 7) is 14.9. The third-order valence-corrected chi connectivity index (χ3v) is 8.61. The zero-order chi connectivity index (χ0) is 27.2. The quantitative estimate of drug-likeness (QED) is 0.303. The Labute approximate surface area is 227 Å². The van der Waals surface area contributed by atoms with E-state index in [0.717, 1.165) is 50.2 Å². The predicted molar refractivity (Wildman–Crippen MR) is 154 cm³/mol. The van der Waals surface area contributed by atoms with Crippen molar-refractivity contribution in [2.75, 3.05) is 18.0 Å². The van der Waals surface area contributed by atoms with Crippen molar-refractivity contribution in [1.29, 1.82) is 0 Å². The third-order valence-electron chi connectivity index (χ3n) is 8.61. The number of rotatable bonds is 8. The molecule has 2 aromatic rings. The number of hydrogen-bond donors (Lipinski definition) is 0. The van der Waals surface area contributed by atoms with Crippen molar-refractivity contribution in [2.45, 2.75) is 78.1 Å². The summed E-state index contributed by atoms with van der Waals surface area (Å²) in [6.07, 6.45) is 8.02. The highest BCUT2D eigenvalue weighted by molar-refractivity contribution is 6.24. The second-order valence-corrected chi connectivity index (χ2v) is 11.8. The first kappa shape index (κ1) is 26.2. The maximum Gasteiger partial charge on any atom is 0.209 e. The summed E-state index contributed by atoms with van der Waals surface area (Å²) >= 11 is 0. The zero-order valence-corrected chi connectivity index (χ0v) is 23.7. The first-order valence-corrected chi connectivity index (χ1v) is 14.2. The van der Waals surface area contributed by atoms with E-state index in [9.17, 15) is 9.90 Å². The Morgan fingerprint density at radius 3 is 2.21 bits per heavy atom. The number of anilines is 1. The average molecular weight is 509 g/mol. The maximum absolute atomic E-state index is 13.5. The van der Waals surface area contributed by atoms with Crippen LogP contribution in [0.4, 0.5) is 11.4 Å². The second-order valence-electron chi connectivity index (χ2n) is 11.8. The Balaban J connectivity index is 1.57. The van der Waals surface area contributed by atoms with Crippen LogP contribution in [-0.4, -0.2) is 29.2 Å².